The van der Waals surface area contributed by atoms with Gasteiger partial charge in [-0.1, -0.05) is 18.2 Å². The van der Waals surface area contributed by atoms with Gasteiger partial charge < -0.3 is 15.0 Å². The average molecular weight is 298 g/mol. The van der Waals surface area contributed by atoms with Crippen molar-refractivity contribution >= 4 is 11.7 Å². The molecule has 0 saturated carbocycles. The van der Waals surface area contributed by atoms with Crippen LogP contribution in [0.4, 0.5) is 9.18 Å². The van der Waals surface area contributed by atoms with Crippen LogP contribution in [0.15, 0.2) is 54.9 Å². The maximum Gasteiger partial charge on any atom is 0.315 e. The van der Waals surface area contributed by atoms with Crippen molar-refractivity contribution < 1.29 is 9.18 Å². The fourth-order valence-electron chi connectivity index (χ4n) is 2.09. The zero-order valence-corrected chi connectivity index (χ0v) is 11.8. The standard InChI is InChI=1S/C16H15FN4O/c17-13-6-4-12(5-7-13)9-18-16(22)19-10-14-11-21-8-2-1-3-15(21)20-14/h1-8,11H,9-10H2,(H2,18,19,22). The molecule has 0 aliphatic rings. The predicted molar refractivity (Wildman–Crippen MR) is 80.7 cm³/mol. The number of hydrogen-bond donors (Lipinski definition) is 2. The second-order valence-electron chi connectivity index (χ2n) is 4.86. The summed E-state index contributed by atoms with van der Waals surface area (Å²) in [5, 5.41) is 5.46. The average Bonchev–Trinajstić information content (AvgIpc) is 2.95. The minimum absolute atomic E-state index is 0.290. The Hall–Kier alpha value is -2.89. The van der Waals surface area contributed by atoms with Crippen LogP contribution in [-0.2, 0) is 13.1 Å². The highest BCUT2D eigenvalue weighted by Crippen LogP contribution is 2.04. The van der Waals surface area contributed by atoms with Crippen LogP contribution in [0.5, 0.6) is 0 Å². The molecule has 3 rings (SSSR count). The largest absolute Gasteiger partial charge is 0.334 e. The molecule has 6 heteroatoms. The molecule has 2 N–H and O–H groups in total. The maximum atomic E-state index is 12.8. The highest BCUT2D eigenvalue weighted by Gasteiger charge is 2.04. The Kier molecular flexibility index (Phi) is 4.00. The van der Waals surface area contributed by atoms with E-state index in [1.165, 1.54) is 12.1 Å². The number of rotatable bonds is 4. The van der Waals surface area contributed by atoms with E-state index in [0.717, 1.165) is 16.9 Å². The number of amides is 2. The van der Waals surface area contributed by atoms with Gasteiger partial charge in [-0.15, -0.1) is 0 Å². The zero-order valence-electron chi connectivity index (χ0n) is 11.8. The topological polar surface area (TPSA) is 58.4 Å². The van der Waals surface area contributed by atoms with E-state index in [1.807, 2.05) is 35.0 Å². The van der Waals surface area contributed by atoms with E-state index in [2.05, 4.69) is 15.6 Å². The summed E-state index contributed by atoms with van der Waals surface area (Å²) < 4.78 is 14.7. The molecule has 2 aromatic heterocycles. The van der Waals surface area contributed by atoms with Gasteiger partial charge in [-0.3, -0.25) is 0 Å². The van der Waals surface area contributed by atoms with Crippen molar-refractivity contribution in [1.29, 1.82) is 0 Å². The Balaban J connectivity index is 1.50. The van der Waals surface area contributed by atoms with E-state index >= 15 is 0 Å². The molecule has 0 radical (unpaired) electrons. The Morgan fingerprint density at radius 1 is 1.09 bits per heavy atom. The van der Waals surface area contributed by atoms with Gasteiger partial charge in [0.15, 0.2) is 0 Å². The lowest BCUT2D eigenvalue weighted by Gasteiger charge is -2.06. The molecule has 0 unspecified atom stereocenters. The van der Waals surface area contributed by atoms with Crippen LogP contribution in [0.1, 0.15) is 11.3 Å². The van der Waals surface area contributed by atoms with E-state index < -0.39 is 0 Å². The first kappa shape index (κ1) is 14.1. The van der Waals surface area contributed by atoms with Crippen molar-refractivity contribution in [2.75, 3.05) is 0 Å². The van der Waals surface area contributed by atoms with Crippen molar-refractivity contribution in [3.8, 4) is 0 Å². The third-order valence-corrected chi connectivity index (χ3v) is 3.21. The number of carbonyl (C=O) groups excluding carboxylic acids is 1. The van der Waals surface area contributed by atoms with Crippen molar-refractivity contribution in [3.63, 3.8) is 0 Å². The fraction of sp³-hybridized carbons (Fsp3) is 0.125. The molecule has 0 atom stereocenters. The molecule has 0 bridgehead atoms. The lowest BCUT2D eigenvalue weighted by molar-refractivity contribution is 0.240. The predicted octanol–water partition coefficient (Wildman–Crippen LogP) is 2.47. The number of fused-ring (bicyclic) bond motifs is 1. The molecule has 5 nitrogen and oxygen atoms in total. The van der Waals surface area contributed by atoms with Gasteiger partial charge >= 0.3 is 6.03 Å². The molecule has 22 heavy (non-hydrogen) atoms. The molecule has 0 aliphatic carbocycles. The number of halogens is 1. The smallest absolute Gasteiger partial charge is 0.315 e. The van der Waals surface area contributed by atoms with E-state index in [4.69, 9.17) is 0 Å². The second kappa shape index (κ2) is 6.26. The number of hydrogen-bond acceptors (Lipinski definition) is 2. The van der Waals surface area contributed by atoms with Crippen molar-refractivity contribution in [1.82, 2.24) is 20.0 Å². The first-order valence-corrected chi connectivity index (χ1v) is 6.89. The third kappa shape index (κ3) is 3.41. The van der Waals surface area contributed by atoms with Crippen LogP contribution in [0.25, 0.3) is 5.65 Å². The van der Waals surface area contributed by atoms with Crippen LogP contribution in [-0.4, -0.2) is 15.4 Å². The van der Waals surface area contributed by atoms with E-state index in [0.29, 0.717) is 13.1 Å². The first-order valence-electron chi connectivity index (χ1n) is 6.89. The Labute approximate surface area is 126 Å². The number of nitrogens with one attached hydrogen (secondary N) is 2. The molecule has 2 amide bonds. The zero-order chi connectivity index (χ0) is 15.4. The number of nitrogens with zero attached hydrogens (tertiary/aromatic N) is 2. The van der Waals surface area contributed by atoms with E-state index in [1.54, 1.807) is 12.1 Å². The molecule has 112 valence electrons. The van der Waals surface area contributed by atoms with Gasteiger partial charge in [0.25, 0.3) is 0 Å². The van der Waals surface area contributed by atoms with Crippen molar-refractivity contribution in [3.05, 3.63) is 71.9 Å². The van der Waals surface area contributed by atoms with E-state index in [9.17, 15) is 9.18 Å². The van der Waals surface area contributed by atoms with Gasteiger partial charge in [0, 0.05) is 18.9 Å². The maximum absolute atomic E-state index is 12.8. The summed E-state index contributed by atoms with van der Waals surface area (Å²) in [6.07, 6.45) is 3.77. The Morgan fingerprint density at radius 3 is 2.64 bits per heavy atom. The minimum atomic E-state index is -0.292. The number of pyridine rings is 1. The molecule has 2 heterocycles. The van der Waals surface area contributed by atoms with Crippen molar-refractivity contribution in [2.45, 2.75) is 13.1 Å². The molecule has 3 aromatic rings. The van der Waals surface area contributed by atoms with Gasteiger partial charge in [0.05, 0.1) is 12.2 Å². The minimum Gasteiger partial charge on any atom is -0.334 e. The summed E-state index contributed by atoms with van der Waals surface area (Å²) in [5.41, 5.74) is 2.46. The van der Waals surface area contributed by atoms with Gasteiger partial charge in [0.2, 0.25) is 0 Å². The van der Waals surface area contributed by atoms with Crippen LogP contribution < -0.4 is 10.6 Å². The van der Waals surface area contributed by atoms with Gasteiger partial charge in [-0.05, 0) is 29.8 Å². The molecule has 1 aromatic carbocycles. The summed E-state index contributed by atoms with van der Waals surface area (Å²) in [5.74, 6) is -0.292. The van der Waals surface area contributed by atoms with Crippen molar-refractivity contribution in [2.24, 2.45) is 0 Å². The Morgan fingerprint density at radius 2 is 1.86 bits per heavy atom. The normalized spacial score (nSPS) is 10.6. The molecule has 0 saturated heterocycles. The number of imidazole rings is 1. The SMILES string of the molecule is O=C(NCc1ccc(F)cc1)NCc1cn2ccccc2n1. The monoisotopic (exact) mass is 298 g/mol. The number of urea groups is 1. The highest BCUT2D eigenvalue weighted by molar-refractivity contribution is 5.73. The van der Waals surface area contributed by atoms with Gasteiger partial charge in [0.1, 0.15) is 11.5 Å². The third-order valence-electron chi connectivity index (χ3n) is 3.21. The number of benzene rings is 1. The summed E-state index contributed by atoms with van der Waals surface area (Å²) in [4.78, 5) is 16.1. The van der Waals surface area contributed by atoms with Crippen LogP contribution in [0, 0.1) is 5.82 Å². The van der Waals surface area contributed by atoms with Gasteiger partial charge in [-0.25, -0.2) is 14.2 Å². The summed E-state index contributed by atoms with van der Waals surface area (Å²) >= 11 is 0. The summed E-state index contributed by atoms with van der Waals surface area (Å²) in [6.45, 7) is 0.689. The second-order valence-corrected chi connectivity index (χ2v) is 4.86. The van der Waals surface area contributed by atoms with Gasteiger partial charge in [-0.2, -0.15) is 0 Å². The van der Waals surface area contributed by atoms with E-state index in [-0.39, 0.29) is 11.8 Å². The van der Waals surface area contributed by atoms with Crippen LogP contribution in [0.2, 0.25) is 0 Å². The molecular weight excluding hydrogens is 283 g/mol. The molecule has 0 spiro atoms. The molecule has 0 fully saturated rings. The van der Waals surface area contributed by atoms with Crippen LogP contribution in [0.3, 0.4) is 0 Å². The summed E-state index contributed by atoms with van der Waals surface area (Å²) in [6, 6.07) is 11.4. The number of aromatic nitrogens is 2. The number of carbonyl (C=O) groups is 1. The summed E-state index contributed by atoms with van der Waals surface area (Å²) in [7, 11) is 0. The first-order chi connectivity index (χ1) is 10.7. The lowest BCUT2D eigenvalue weighted by Crippen LogP contribution is -2.34. The van der Waals surface area contributed by atoms with Crippen LogP contribution >= 0.6 is 0 Å². The highest BCUT2D eigenvalue weighted by atomic mass is 19.1. The Bertz CT molecular complexity index is 749. The fourth-order valence-corrected chi connectivity index (χ4v) is 2.09. The quantitative estimate of drug-likeness (QED) is 0.777. The molecular formula is C16H15FN4O. The molecule has 0 aliphatic heterocycles. The lowest BCUT2D eigenvalue weighted by atomic mass is 10.2.